The zero-order valence-electron chi connectivity index (χ0n) is 13.8. The van der Waals surface area contributed by atoms with Gasteiger partial charge >= 0.3 is 157 Å². The number of hydrogen-bond acceptors (Lipinski definition) is 6. The standard InChI is InChI=1S/C16H17F2IN4O3/c1-2-14-22-12(7-26-14)15(24)21-11-5-3-4-10(6-11)16(19(17)18)9-25-8-13(20)23-16/h3-7H,2,8-9H2,1H3,(H2,20,23)(H,21,24). The Morgan fingerprint density at radius 3 is 2.92 bits per heavy atom. The van der Waals surface area contributed by atoms with Crippen molar-refractivity contribution in [3.8, 4) is 0 Å². The minimum absolute atomic E-state index is 0.0358. The molecule has 1 aromatic heterocycles. The zero-order chi connectivity index (χ0) is 18.7. The van der Waals surface area contributed by atoms with Gasteiger partial charge in [-0.15, -0.1) is 0 Å². The molecule has 2 aromatic rings. The monoisotopic (exact) mass is 478 g/mol. The Kier molecular flexibility index (Phi) is 5.51. The van der Waals surface area contributed by atoms with E-state index in [9.17, 15) is 10.5 Å². The summed E-state index contributed by atoms with van der Waals surface area (Å²) >= 11 is -4.49. The van der Waals surface area contributed by atoms with Crippen LogP contribution in [0.15, 0.2) is 39.9 Å². The van der Waals surface area contributed by atoms with Gasteiger partial charge in [0, 0.05) is 0 Å². The van der Waals surface area contributed by atoms with Crippen LogP contribution in [0.1, 0.15) is 28.9 Å². The third-order valence-corrected chi connectivity index (χ3v) is 6.27. The predicted molar refractivity (Wildman–Crippen MR) is 101 cm³/mol. The van der Waals surface area contributed by atoms with Crippen molar-refractivity contribution in [1.29, 1.82) is 0 Å². The molecule has 1 aromatic carbocycles. The number of benzene rings is 1. The van der Waals surface area contributed by atoms with E-state index in [2.05, 4.69) is 15.3 Å². The number of carbonyl (C=O) groups is 1. The van der Waals surface area contributed by atoms with Gasteiger partial charge in [0.1, 0.15) is 0 Å². The van der Waals surface area contributed by atoms with E-state index in [0.29, 0.717) is 18.0 Å². The Bertz CT molecular complexity index is 842. The summed E-state index contributed by atoms with van der Waals surface area (Å²) in [6.07, 6.45) is 1.82. The topological polar surface area (TPSA) is 103 Å². The summed E-state index contributed by atoms with van der Waals surface area (Å²) < 4.78 is 36.5. The van der Waals surface area contributed by atoms with Crippen molar-refractivity contribution in [2.24, 2.45) is 10.7 Å². The summed E-state index contributed by atoms with van der Waals surface area (Å²) in [5.74, 6) is -0.00659. The fraction of sp³-hybridized carbons (Fsp3) is 0.312. The van der Waals surface area contributed by atoms with Crippen molar-refractivity contribution in [2.45, 2.75) is 16.9 Å². The molecule has 0 aliphatic carbocycles. The number of aromatic nitrogens is 1. The van der Waals surface area contributed by atoms with Crippen LogP contribution in [0, 0.1) is 0 Å². The van der Waals surface area contributed by atoms with Crippen molar-refractivity contribution in [3.63, 3.8) is 0 Å². The van der Waals surface area contributed by atoms with Crippen LogP contribution in [0.2, 0.25) is 0 Å². The number of ether oxygens (including phenoxy) is 1. The van der Waals surface area contributed by atoms with Gasteiger partial charge in [0.15, 0.2) is 0 Å². The Balaban J connectivity index is 1.87. The third-order valence-electron chi connectivity index (χ3n) is 3.75. The molecule has 1 atom stereocenters. The van der Waals surface area contributed by atoms with Gasteiger partial charge in [-0.05, 0) is 0 Å². The summed E-state index contributed by atoms with van der Waals surface area (Å²) in [5.41, 5.74) is 6.36. The quantitative estimate of drug-likeness (QED) is 0.390. The van der Waals surface area contributed by atoms with Gasteiger partial charge in [-0.25, -0.2) is 0 Å². The maximum atomic E-state index is 13.9. The number of hydrogen-bond donors (Lipinski definition) is 2. The van der Waals surface area contributed by atoms with Crippen LogP contribution >= 0.6 is 21.0 Å². The average molecular weight is 478 g/mol. The molecule has 1 aliphatic heterocycles. The Labute approximate surface area is 157 Å². The number of aryl methyl sites for hydroxylation is 1. The number of carbonyl (C=O) groups excluding carboxylic acids is 1. The molecule has 7 nitrogen and oxygen atoms in total. The number of rotatable bonds is 5. The van der Waals surface area contributed by atoms with Gasteiger partial charge in [0.2, 0.25) is 0 Å². The molecule has 10 heteroatoms. The molecule has 3 rings (SSSR count). The predicted octanol–water partition coefficient (Wildman–Crippen LogP) is 3.30. The second kappa shape index (κ2) is 7.66. The fourth-order valence-electron chi connectivity index (χ4n) is 2.49. The average Bonchev–Trinajstić information content (AvgIpc) is 3.11. The van der Waals surface area contributed by atoms with E-state index in [1.165, 1.54) is 18.4 Å². The van der Waals surface area contributed by atoms with Crippen LogP contribution < -0.4 is 11.1 Å². The number of aliphatic imine (C=N–C) groups is 1. The Morgan fingerprint density at radius 2 is 2.27 bits per heavy atom. The first kappa shape index (κ1) is 18.7. The molecule has 26 heavy (non-hydrogen) atoms. The first-order chi connectivity index (χ1) is 12.4. The molecule has 0 bridgehead atoms. The van der Waals surface area contributed by atoms with Crippen LogP contribution in [0.5, 0.6) is 0 Å². The van der Waals surface area contributed by atoms with Crippen LogP contribution in [0.3, 0.4) is 0 Å². The first-order valence-electron chi connectivity index (χ1n) is 7.76. The summed E-state index contributed by atoms with van der Waals surface area (Å²) in [5, 5.41) is 2.63. The summed E-state index contributed by atoms with van der Waals surface area (Å²) in [4.78, 5) is 20.3. The van der Waals surface area contributed by atoms with Crippen molar-refractivity contribution < 1.29 is 19.7 Å². The van der Waals surface area contributed by atoms with Crippen LogP contribution in [-0.2, 0) is 14.7 Å². The van der Waals surface area contributed by atoms with E-state index < -0.39 is 30.4 Å². The number of oxazole rings is 1. The molecule has 1 unspecified atom stereocenters. The molecule has 1 amide bonds. The number of amides is 1. The number of nitrogens with zero attached hydrogens (tertiary/aromatic N) is 2. The molecule has 1 aliphatic rings. The number of alkyl halides is 1. The van der Waals surface area contributed by atoms with Gasteiger partial charge in [0.25, 0.3) is 0 Å². The summed E-state index contributed by atoms with van der Waals surface area (Å²) in [6, 6.07) is 6.18. The van der Waals surface area contributed by atoms with Gasteiger partial charge in [0.05, 0.1) is 0 Å². The van der Waals surface area contributed by atoms with Crippen molar-refractivity contribution in [3.05, 3.63) is 47.7 Å². The van der Waals surface area contributed by atoms with Gasteiger partial charge < -0.3 is 0 Å². The molecule has 0 spiro atoms. The number of halogens is 3. The van der Waals surface area contributed by atoms with Gasteiger partial charge in [-0.3, -0.25) is 0 Å². The van der Waals surface area contributed by atoms with E-state index in [4.69, 9.17) is 14.9 Å². The summed E-state index contributed by atoms with van der Waals surface area (Å²) in [6.45, 7) is 1.66. The molecule has 3 N–H and O–H groups in total. The molecule has 140 valence electrons. The second-order valence-corrected chi connectivity index (χ2v) is 8.48. The Morgan fingerprint density at radius 1 is 1.46 bits per heavy atom. The number of nitrogens with two attached hydrogens (primary N) is 1. The zero-order valence-corrected chi connectivity index (χ0v) is 16.0. The van der Waals surface area contributed by atoms with Gasteiger partial charge in [-0.2, -0.15) is 0 Å². The maximum absolute atomic E-state index is 13.9. The van der Waals surface area contributed by atoms with E-state index in [1.54, 1.807) is 12.1 Å². The normalized spacial score (nSPS) is 20.4. The van der Waals surface area contributed by atoms with Gasteiger partial charge in [-0.1, -0.05) is 0 Å². The van der Waals surface area contributed by atoms with Crippen molar-refractivity contribution in [2.75, 3.05) is 18.5 Å². The summed E-state index contributed by atoms with van der Waals surface area (Å²) in [7, 11) is 0. The Hall–Kier alpha value is -2.08. The first-order valence-corrected chi connectivity index (χ1v) is 10.5. The van der Waals surface area contributed by atoms with Crippen molar-refractivity contribution >= 4 is 38.4 Å². The van der Waals surface area contributed by atoms with Crippen LogP contribution in [0.25, 0.3) is 0 Å². The number of anilines is 1. The molecule has 0 radical (unpaired) electrons. The molecule has 0 fully saturated rings. The van der Waals surface area contributed by atoms with Crippen LogP contribution in [-0.4, -0.2) is 29.9 Å². The number of nitrogens with one attached hydrogen (secondary N) is 1. The molecule has 2 heterocycles. The minimum atomic E-state index is -4.49. The van der Waals surface area contributed by atoms with E-state index in [-0.39, 0.29) is 30.3 Å². The third kappa shape index (κ3) is 3.70. The van der Waals surface area contributed by atoms with E-state index in [1.807, 2.05) is 6.92 Å². The van der Waals surface area contributed by atoms with Crippen molar-refractivity contribution in [1.82, 2.24) is 4.98 Å². The second-order valence-electron chi connectivity index (χ2n) is 5.57. The molecule has 0 saturated carbocycles. The fourth-order valence-corrected chi connectivity index (χ4v) is 4.25. The number of amidine groups is 1. The van der Waals surface area contributed by atoms with Crippen LogP contribution in [0.4, 0.5) is 11.4 Å². The van der Waals surface area contributed by atoms with E-state index >= 15 is 0 Å². The molecule has 0 saturated heterocycles. The molecular formula is C16H17F2IN4O3. The molecular weight excluding hydrogens is 461 g/mol. The SMILES string of the molecule is CCc1nc(C(=O)Nc2cccc(C3(I(F)F)COCC(N)=N3)c2)co1. The van der Waals surface area contributed by atoms with E-state index in [0.717, 1.165) is 0 Å².